The summed E-state index contributed by atoms with van der Waals surface area (Å²) in [7, 11) is -7.14. The van der Waals surface area contributed by atoms with Gasteiger partial charge < -0.3 is 20.6 Å². The van der Waals surface area contributed by atoms with Crippen molar-refractivity contribution in [1.29, 1.82) is 0 Å². The van der Waals surface area contributed by atoms with Crippen LogP contribution in [0.25, 0.3) is 10.9 Å². The number of para-hydroxylation sites is 1. The Hall–Kier alpha value is -3.30. The Bertz CT molecular complexity index is 1570. The molecule has 1 aromatic heterocycles. The van der Waals surface area contributed by atoms with E-state index in [0.29, 0.717) is 23.4 Å². The van der Waals surface area contributed by atoms with Crippen molar-refractivity contribution < 1.29 is 27.4 Å². The fraction of sp³-hybridized carbons (Fsp3) is 0.304. The highest BCUT2D eigenvalue weighted by atomic mass is 32.3. The first kappa shape index (κ1) is 25.4. The highest BCUT2D eigenvalue weighted by Gasteiger charge is 2.31. The van der Waals surface area contributed by atoms with Crippen molar-refractivity contribution in [3.8, 4) is 11.5 Å². The van der Waals surface area contributed by atoms with E-state index in [-0.39, 0.29) is 46.6 Å². The number of aromatic hydroxyl groups is 1. The molecule has 0 unspecified atom stereocenters. The molecular weight excluding hydrogens is 522 g/mol. The van der Waals surface area contributed by atoms with Crippen LogP contribution in [0.5, 0.6) is 11.5 Å². The third-order valence-corrected chi connectivity index (χ3v) is 8.07. The predicted molar refractivity (Wildman–Crippen MR) is 143 cm³/mol. The Kier molecular flexibility index (Phi) is 6.53. The molecule has 2 heterocycles. The SMILES string of the molecule is CS(=O)(=O)NCCOc1ccc2c(c1)S(O)(O)N=C(c1c(O)c3ccccc3n(NCC3CC3)c1=O)N2. The van der Waals surface area contributed by atoms with Crippen molar-refractivity contribution in [3.05, 3.63) is 58.4 Å². The molecule has 12 nitrogen and oxygen atoms in total. The maximum absolute atomic E-state index is 13.5. The van der Waals surface area contributed by atoms with E-state index in [4.69, 9.17) is 4.74 Å². The van der Waals surface area contributed by atoms with Gasteiger partial charge in [-0.05, 0) is 43.0 Å². The van der Waals surface area contributed by atoms with Gasteiger partial charge in [0.2, 0.25) is 10.0 Å². The molecule has 0 amide bonds. The largest absolute Gasteiger partial charge is 0.506 e. The lowest BCUT2D eigenvalue weighted by Crippen LogP contribution is -2.36. The van der Waals surface area contributed by atoms with Crippen molar-refractivity contribution in [1.82, 2.24) is 9.40 Å². The summed E-state index contributed by atoms with van der Waals surface area (Å²) in [5.41, 5.74) is 3.13. The van der Waals surface area contributed by atoms with E-state index in [9.17, 15) is 27.4 Å². The third kappa shape index (κ3) is 5.38. The second-order valence-electron chi connectivity index (χ2n) is 8.94. The zero-order valence-corrected chi connectivity index (χ0v) is 21.5. The third-order valence-electron chi connectivity index (χ3n) is 5.98. The number of hydrogen-bond acceptors (Lipinski definition) is 10. The van der Waals surface area contributed by atoms with E-state index in [0.717, 1.165) is 19.1 Å². The van der Waals surface area contributed by atoms with Crippen molar-refractivity contribution in [2.24, 2.45) is 10.3 Å². The number of pyridine rings is 1. The van der Waals surface area contributed by atoms with Crippen LogP contribution in [0.4, 0.5) is 5.69 Å². The number of anilines is 1. The molecular formula is C23H27N5O7S2. The molecule has 2 aliphatic rings. The first-order valence-corrected chi connectivity index (χ1v) is 14.9. The fourth-order valence-corrected chi connectivity index (χ4v) is 5.62. The van der Waals surface area contributed by atoms with Gasteiger partial charge in [-0.25, -0.2) is 17.8 Å². The number of rotatable bonds is 9. The number of amidine groups is 1. The quantitative estimate of drug-likeness (QED) is 0.219. The second-order valence-corrected chi connectivity index (χ2v) is 12.4. The molecule has 0 bridgehead atoms. The number of hydrogen-bond donors (Lipinski definition) is 6. The van der Waals surface area contributed by atoms with Crippen LogP contribution in [0.1, 0.15) is 18.4 Å². The molecule has 198 valence electrons. The van der Waals surface area contributed by atoms with Crippen LogP contribution in [-0.4, -0.2) is 59.1 Å². The van der Waals surface area contributed by atoms with Gasteiger partial charge in [0.1, 0.15) is 28.6 Å². The number of sulfonamides is 1. The first-order chi connectivity index (χ1) is 17.5. The first-order valence-electron chi connectivity index (χ1n) is 11.5. The summed E-state index contributed by atoms with van der Waals surface area (Å²) in [5.74, 6) is 0.252. The summed E-state index contributed by atoms with van der Waals surface area (Å²) < 4.78 is 57.3. The van der Waals surface area contributed by atoms with E-state index in [1.165, 1.54) is 16.8 Å². The molecule has 14 heteroatoms. The average molecular weight is 550 g/mol. The van der Waals surface area contributed by atoms with Gasteiger partial charge in [0, 0.05) is 24.5 Å². The number of nitrogens with zero attached hydrogens (tertiary/aromatic N) is 2. The smallest absolute Gasteiger partial charge is 0.284 e. The van der Waals surface area contributed by atoms with Gasteiger partial charge in [-0.2, -0.15) is 0 Å². The Balaban J connectivity index is 1.48. The van der Waals surface area contributed by atoms with Crippen LogP contribution in [0, 0.1) is 5.92 Å². The minimum Gasteiger partial charge on any atom is -0.506 e. The molecule has 0 radical (unpaired) electrons. The maximum atomic E-state index is 13.5. The van der Waals surface area contributed by atoms with Gasteiger partial charge in [-0.3, -0.25) is 13.9 Å². The Morgan fingerprint density at radius 2 is 1.97 bits per heavy atom. The lowest BCUT2D eigenvalue weighted by molar-refractivity contribution is 0.322. The lowest BCUT2D eigenvalue weighted by Gasteiger charge is -2.34. The van der Waals surface area contributed by atoms with E-state index in [1.54, 1.807) is 30.3 Å². The second kappa shape index (κ2) is 9.54. The number of aromatic nitrogens is 1. The van der Waals surface area contributed by atoms with Gasteiger partial charge >= 0.3 is 0 Å². The van der Waals surface area contributed by atoms with Crippen molar-refractivity contribution in [3.63, 3.8) is 0 Å². The predicted octanol–water partition coefficient (Wildman–Crippen LogP) is 2.49. The molecule has 2 aromatic carbocycles. The van der Waals surface area contributed by atoms with Crippen molar-refractivity contribution >= 4 is 43.2 Å². The summed E-state index contributed by atoms with van der Waals surface area (Å²) in [4.78, 5) is 13.6. The summed E-state index contributed by atoms with van der Waals surface area (Å²) in [6, 6.07) is 11.3. The van der Waals surface area contributed by atoms with Crippen molar-refractivity contribution in [2.45, 2.75) is 17.7 Å². The number of ether oxygens (including phenoxy) is 1. The maximum Gasteiger partial charge on any atom is 0.284 e. The van der Waals surface area contributed by atoms with Gasteiger partial charge in [0.25, 0.3) is 5.56 Å². The molecule has 3 aromatic rings. The number of benzene rings is 2. The molecule has 0 atom stereocenters. The Morgan fingerprint density at radius 1 is 1.22 bits per heavy atom. The Morgan fingerprint density at radius 3 is 2.70 bits per heavy atom. The molecule has 37 heavy (non-hydrogen) atoms. The van der Waals surface area contributed by atoms with Gasteiger partial charge in [-0.15, -0.1) is 4.40 Å². The molecule has 0 saturated heterocycles. The van der Waals surface area contributed by atoms with Crippen LogP contribution in [0.2, 0.25) is 0 Å². The van der Waals surface area contributed by atoms with Crippen LogP contribution < -0.4 is 25.8 Å². The number of fused-ring (bicyclic) bond motifs is 2. The summed E-state index contributed by atoms with van der Waals surface area (Å²) in [6.07, 6.45) is 3.20. The fourth-order valence-electron chi connectivity index (χ4n) is 3.99. The van der Waals surface area contributed by atoms with Gasteiger partial charge in [0.05, 0.1) is 17.5 Å². The van der Waals surface area contributed by atoms with E-state index < -0.39 is 26.4 Å². The van der Waals surface area contributed by atoms with Gasteiger partial charge in [0.15, 0.2) is 5.84 Å². The standard InChI is InChI=1S/C23H27N5O7S2/c1-36(31,32)25-10-11-35-15-8-9-17-19(12-15)37(33,34)27-22(26-17)20-21(29)16-4-2-3-5-18(16)28(23(20)30)24-13-14-6-7-14/h2-5,8-9,12,14,24-25,29,33-34H,6-7,10-11,13H2,1H3,(H,26,27). The Labute approximate surface area is 214 Å². The molecule has 1 aliphatic heterocycles. The minimum absolute atomic E-state index is 0.0192. The molecule has 1 aliphatic carbocycles. The molecule has 0 spiro atoms. The van der Waals surface area contributed by atoms with Gasteiger partial charge in [-0.1, -0.05) is 22.9 Å². The highest BCUT2D eigenvalue weighted by Crippen LogP contribution is 2.56. The van der Waals surface area contributed by atoms with Crippen molar-refractivity contribution in [2.75, 3.05) is 36.7 Å². The summed E-state index contributed by atoms with van der Waals surface area (Å²) in [5, 5.41) is 14.4. The molecule has 1 saturated carbocycles. The minimum atomic E-state index is -3.78. The normalized spacial score (nSPS) is 17.4. The zero-order chi connectivity index (χ0) is 26.4. The van der Waals surface area contributed by atoms with E-state index in [1.807, 2.05) is 0 Å². The van der Waals surface area contributed by atoms with Crippen LogP contribution in [-0.2, 0) is 10.0 Å². The zero-order valence-electron chi connectivity index (χ0n) is 19.8. The van der Waals surface area contributed by atoms with E-state index in [2.05, 4.69) is 19.9 Å². The van der Waals surface area contributed by atoms with E-state index >= 15 is 0 Å². The monoisotopic (exact) mass is 549 g/mol. The average Bonchev–Trinajstić information content (AvgIpc) is 3.66. The molecule has 5 rings (SSSR count). The van der Waals surface area contributed by atoms with Crippen LogP contribution in [0.15, 0.2) is 56.6 Å². The van der Waals surface area contributed by atoms with Crippen LogP contribution in [0.3, 0.4) is 0 Å². The number of nitrogens with one attached hydrogen (secondary N) is 3. The molecule has 6 N–H and O–H groups in total. The summed E-state index contributed by atoms with van der Waals surface area (Å²) in [6.45, 7) is 0.648. The topological polar surface area (TPSA) is 175 Å². The summed E-state index contributed by atoms with van der Waals surface area (Å²) >= 11 is 0. The highest BCUT2D eigenvalue weighted by molar-refractivity contribution is 8.23. The van der Waals surface area contributed by atoms with Crippen LogP contribution >= 0.6 is 10.8 Å². The lowest BCUT2D eigenvalue weighted by atomic mass is 10.1. The molecule has 1 fully saturated rings.